The van der Waals surface area contributed by atoms with E-state index in [1.807, 2.05) is 24.3 Å². The second-order valence-corrected chi connectivity index (χ2v) is 5.73. The molecule has 0 saturated carbocycles. The molecule has 108 valence electrons. The number of aromatic hydroxyl groups is 1. The van der Waals surface area contributed by atoms with Gasteiger partial charge in [0.15, 0.2) is 5.58 Å². The molecule has 0 aliphatic carbocycles. The Morgan fingerprint density at radius 2 is 1.86 bits per heavy atom. The van der Waals surface area contributed by atoms with E-state index < -0.39 is 0 Å². The number of likely N-dealkylation sites (tertiary alicyclic amines) is 1. The molecule has 0 spiro atoms. The molecule has 21 heavy (non-hydrogen) atoms. The smallest absolute Gasteiger partial charge is 0.209 e. The molecule has 4 nitrogen and oxygen atoms in total. The molecule has 0 unspecified atom stereocenters. The molecule has 1 saturated heterocycles. The van der Waals surface area contributed by atoms with E-state index in [9.17, 15) is 5.11 Å². The number of nitrogens with zero attached hydrogens (tertiary/aromatic N) is 2. The summed E-state index contributed by atoms with van der Waals surface area (Å²) >= 11 is 0. The van der Waals surface area contributed by atoms with Crippen LogP contribution in [0.5, 0.6) is 5.75 Å². The molecule has 1 aliphatic heterocycles. The van der Waals surface area contributed by atoms with E-state index in [0.29, 0.717) is 0 Å². The number of phenolic OH excluding ortho intramolecular Hbond substituents is 1. The van der Waals surface area contributed by atoms with Crippen molar-refractivity contribution >= 4 is 21.9 Å². The molecule has 2 aromatic carbocycles. The maximum Gasteiger partial charge on any atom is 0.209 e. The van der Waals surface area contributed by atoms with Crippen LogP contribution in [0.4, 0.5) is 0 Å². The summed E-state index contributed by atoms with van der Waals surface area (Å²) in [5.74, 6) is 0.999. The van der Waals surface area contributed by atoms with E-state index in [-0.39, 0.29) is 5.75 Å². The summed E-state index contributed by atoms with van der Waals surface area (Å²) in [7, 11) is 0. The Morgan fingerprint density at radius 1 is 1.10 bits per heavy atom. The highest BCUT2D eigenvalue weighted by Gasteiger charge is 2.16. The van der Waals surface area contributed by atoms with Gasteiger partial charge in [-0.3, -0.25) is 4.90 Å². The molecular formula is C17H18N2O2. The number of piperidine rings is 1. The number of aromatic nitrogens is 1. The third-order valence-electron chi connectivity index (χ3n) is 4.23. The maximum absolute atomic E-state index is 10.1. The standard InChI is InChI=1S/C17H18N2O2/c20-15-10-14-17(13-7-3-2-6-12(13)15)21-16(18-14)11-19-8-4-1-5-9-19/h2-3,6-7,10,20H,1,4-5,8-9,11H2. The van der Waals surface area contributed by atoms with Crippen LogP contribution < -0.4 is 0 Å². The lowest BCUT2D eigenvalue weighted by atomic mass is 10.1. The Morgan fingerprint density at radius 3 is 2.67 bits per heavy atom. The van der Waals surface area contributed by atoms with E-state index in [1.54, 1.807) is 6.07 Å². The minimum absolute atomic E-state index is 0.260. The molecule has 0 radical (unpaired) electrons. The third kappa shape index (κ3) is 2.25. The van der Waals surface area contributed by atoms with Crippen LogP contribution in [0.25, 0.3) is 21.9 Å². The summed E-state index contributed by atoms with van der Waals surface area (Å²) in [5.41, 5.74) is 1.51. The van der Waals surface area contributed by atoms with Crippen molar-refractivity contribution in [2.45, 2.75) is 25.8 Å². The summed E-state index contributed by atoms with van der Waals surface area (Å²) in [6.07, 6.45) is 3.83. The van der Waals surface area contributed by atoms with Crippen molar-refractivity contribution in [1.82, 2.24) is 9.88 Å². The Bertz CT molecular complexity index is 788. The predicted molar refractivity (Wildman–Crippen MR) is 82.3 cm³/mol. The number of rotatable bonds is 2. The highest BCUT2D eigenvalue weighted by molar-refractivity contribution is 6.06. The van der Waals surface area contributed by atoms with E-state index in [4.69, 9.17) is 4.42 Å². The summed E-state index contributed by atoms with van der Waals surface area (Å²) < 4.78 is 5.98. The highest BCUT2D eigenvalue weighted by atomic mass is 16.3. The highest BCUT2D eigenvalue weighted by Crippen LogP contribution is 2.33. The number of oxazole rings is 1. The second-order valence-electron chi connectivity index (χ2n) is 5.73. The SMILES string of the molecule is Oc1cc2nc(CN3CCCCC3)oc2c2ccccc12. The zero-order valence-electron chi connectivity index (χ0n) is 11.9. The molecule has 1 N–H and O–H groups in total. The van der Waals surface area contributed by atoms with Crippen LogP contribution in [0.3, 0.4) is 0 Å². The fourth-order valence-electron chi connectivity index (χ4n) is 3.16. The Balaban J connectivity index is 1.76. The first kappa shape index (κ1) is 12.7. The van der Waals surface area contributed by atoms with Crippen molar-refractivity contribution < 1.29 is 9.52 Å². The van der Waals surface area contributed by atoms with E-state index in [0.717, 1.165) is 47.4 Å². The topological polar surface area (TPSA) is 49.5 Å². The lowest BCUT2D eigenvalue weighted by Crippen LogP contribution is -2.29. The molecule has 4 heteroatoms. The number of phenols is 1. The lowest BCUT2D eigenvalue weighted by Gasteiger charge is -2.24. The lowest BCUT2D eigenvalue weighted by molar-refractivity contribution is 0.203. The van der Waals surface area contributed by atoms with Gasteiger partial charge in [-0.05, 0) is 25.9 Å². The third-order valence-corrected chi connectivity index (χ3v) is 4.23. The van der Waals surface area contributed by atoms with Crippen molar-refractivity contribution in [2.75, 3.05) is 13.1 Å². The van der Waals surface area contributed by atoms with Gasteiger partial charge >= 0.3 is 0 Å². The molecule has 1 fully saturated rings. The van der Waals surface area contributed by atoms with E-state index in [2.05, 4.69) is 9.88 Å². The molecule has 0 amide bonds. The normalized spacial score (nSPS) is 16.8. The Hall–Kier alpha value is -2.07. The van der Waals surface area contributed by atoms with Crippen molar-refractivity contribution in [3.63, 3.8) is 0 Å². The average molecular weight is 282 g/mol. The quantitative estimate of drug-likeness (QED) is 0.779. The van der Waals surface area contributed by atoms with Crippen LogP contribution in [0.2, 0.25) is 0 Å². The van der Waals surface area contributed by atoms with Gasteiger partial charge in [0.2, 0.25) is 5.89 Å². The first-order chi connectivity index (χ1) is 10.3. The first-order valence-corrected chi connectivity index (χ1v) is 7.54. The van der Waals surface area contributed by atoms with Gasteiger partial charge in [0.05, 0.1) is 6.54 Å². The van der Waals surface area contributed by atoms with Crippen LogP contribution >= 0.6 is 0 Å². The van der Waals surface area contributed by atoms with Gasteiger partial charge in [-0.1, -0.05) is 30.7 Å². The van der Waals surface area contributed by atoms with Gasteiger partial charge < -0.3 is 9.52 Å². The van der Waals surface area contributed by atoms with Crippen LogP contribution in [0.15, 0.2) is 34.7 Å². The van der Waals surface area contributed by atoms with Gasteiger partial charge in [-0.2, -0.15) is 0 Å². The molecule has 1 aromatic heterocycles. The van der Waals surface area contributed by atoms with E-state index >= 15 is 0 Å². The Labute approximate surface area is 123 Å². The average Bonchev–Trinajstić information content (AvgIpc) is 2.91. The van der Waals surface area contributed by atoms with Crippen LogP contribution in [-0.2, 0) is 6.54 Å². The zero-order chi connectivity index (χ0) is 14.2. The second kappa shape index (κ2) is 5.04. The fraction of sp³-hybridized carbons (Fsp3) is 0.353. The minimum atomic E-state index is 0.260. The van der Waals surface area contributed by atoms with Gasteiger partial charge in [-0.25, -0.2) is 4.98 Å². The molecule has 4 rings (SSSR count). The number of hydrogen-bond acceptors (Lipinski definition) is 4. The maximum atomic E-state index is 10.1. The molecule has 3 aromatic rings. The molecule has 2 heterocycles. The first-order valence-electron chi connectivity index (χ1n) is 7.54. The van der Waals surface area contributed by atoms with Gasteiger partial charge in [0.25, 0.3) is 0 Å². The summed E-state index contributed by atoms with van der Waals surface area (Å²) in [6, 6.07) is 9.43. The van der Waals surface area contributed by atoms with E-state index in [1.165, 1.54) is 19.3 Å². The van der Waals surface area contributed by atoms with Crippen LogP contribution in [0, 0.1) is 0 Å². The summed E-state index contributed by atoms with van der Waals surface area (Å²) in [4.78, 5) is 6.93. The minimum Gasteiger partial charge on any atom is -0.507 e. The van der Waals surface area contributed by atoms with Crippen molar-refractivity contribution in [1.29, 1.82) is 0 Å². The summed E-state index contributed by atoms with van der Waals surface area (Å²) in [6.45, 7) is 2.99. The fourth-order valence-corrected chi connectivity index (χ4v) is 3.16. The largest absolute Gasteiger partial charge is 0.507 e. The molecule has 0 atom stereocenters. The Kier molecular flexibility index (Phi) is 3.04. The summed E-state index contributed by atoms with van der Waals surface area (Å²) in [5, 5.41) is 11.8. The number of benzene rings is 2. The monoisotopic (exact) mass is 282 g/mol. The number of fused-ring (bicyclic) bond motifs is 3. The molecule has 0 bridgehead atoms. The van der Waals surface area contributed by atoms with Crippen LogP contribution in [0.1, 0.15) is 25.2 Å². The van der Waals surface area contributed by atoms with Crippen LogP contribution in [-0.4, -0.2) is 28.1 Å². The van der Waals surface area contributed by atoms with Crippen molar-refractivity contribution in [2.24, 2.45) is 0 Å². The van der Waals surface area contributed by atoms with Crippen molar-refractivity contribution in [3.8, 4) is 5.75 Å². The zero-order valence-corrected chi connectivity index (χ0v) is 11.9. The molecule has 1 aliphatic rings. The van der Waals surface area contributed by atoms with Gasteiger partial charge in [0.1, 0.15) is 11.3 Å². The molecular weight excluding hydrogens is 264 g/mol. The van der Waals surface area contributed by atoms with Gasteiger partial charge in [0, 0.05) is 16.8 Å². The predicted octanol–water partition coefficient (Wildman–Crippen LogP) is 3.67. The van der Waals surface area contributed by atoms with Gasteiger partial charge in [-0.15, -0.1) is 0 Å². The van der Waals surface area contributed by atoms with Crippen molar-refractivity contribution in [3.05, 3.63) is 36.2 Å². The number of hydrogen-bond donors (Lipinski definition) is 1.